The largest absolute Gasteiger partial charge is 0.496 e. The predicted octanol–water partition coefficient (Wildman–Crippen LogP) is 2.93. The number of carbonyl (C=O) groups excluding carboxylic acids is 1. The number of benzene rings is 1. The summed E-state index contributed by atoms with van der Waals surface area (Å²) < 4.78 is 5.36. The van der Waals surface area contributed by atoms with Crippen molar-refractivity contribution in [1.29, 1.82) is 0 Å². The summed E-state index contributed by atoms with van der Waals surface area (Å²) >= 11 is 0. The Labute approximate surface area is 145 Å². The maximum absolute atomic E-state index is 12.8. The fraction of sp³-hybridized carbons (Fsp3) is 0.632. The monoisotopic (exact) mass is 333 g/mol. The molecule has 3 N–H and O–H groups in total. The summed E-state index contributed by atoms with van der Waals surface area (Å²) in [4.78, 5) is 14.8. The second-order valence-corrected chi connectivity index (χ2v) is 7.92. The molecule has 0 radical (unpaired) electrons. The van der Waals surface area contributed by atoms with E-state index in [1.54, 1.807) is 7.11 Å². The van der Waals surface area contributed by atoms with Crippen LogP contribution in [-0.4, -0.2) is 41.7 Å². The molecule has 0 spiro atoms. The zero-order valence-electron chi connectivity index (χ0n) is 15.6. The number of methoxy groups -OCH3 is 1. The van der Waals surface area contributed by atoms with E-state index in [-0.39, 0.29) is 23.2 Å². The number of hydrogen-bond acceptors (Lipinski definition) is 3. The first kappa shape index (κ1) is 18.6. The van der Waals surface area contributed by atoms with Crippen LogP contribution in [0.2, 0.25) is 0 Å². The van der Waals surface area contributed by atoms with E-state index in [0.29, 0.717) is 6.54 Å². The zero-order chi connectivity index (χ0) is 18.0. The lowest BCUT2D eigenvalue weighted by molar-refractivity contribution is 0.00324. The van der Waals surface area contributed by atoms with Crippen LogP contribution in [0.15, 0.2) is 24.3 Å². The van der Waals surface area contributed by atoms with E-state index in [2.05, 4.69) is 33.0 Å². The number of ether oxygens (including phenoxy) is 1. The Balaban J connectivity index is 2.01. The number of nitrogens with zero attached hydrogens (tertiary/aromatic N) is 1. The van der Waals surface area contributed by atoms with Crippen LogP contribution >= 0.6 is 0 Å². The van der Waals surface area contributed by atoms with Crippen LogP contribution in [0.1, 0.15) is 46.1 Å². The number of nitrogens with one attached hydrogen (secondary N) is 1. The number of likely N-dealkylation sites (tertiary alicyclic amines) is 1. The van der Waals surface area contributed by atoms with E-state index >= 15 is 0 Å². The molecule has 1 aromatic rings. The molecule has 0 aromatic heterocycles. The van der Waals surface area contributed by atoms with Gasteiger partial charge < -0.3 is 20.7 Å². The van der Waals surface area contributed by atoms with Crippen molar-refractivity contribution in [3.05, 3.63) is 29.8 Å². The summed E-state index contributed by atoms with van der Waals surface area (Å²) in [5, 5.41) is 3.07. The predicted molar refractivity (Wildman–Crippen MR) is 97.3 cm³/mol. The second-order valence-electron chi connectivity index (χ2n) is 7.92. The first-order valence-corrected chi connectivity index (χ1v) is 8.63. The first-order valence-electron chi connectivity index (χ1n) is 8.63. The molecule has 1 aliphatic rings. The van der Waals surface area contributed by atoms with Gasteiger partial charge in [0.05, 0.1) is 7.11 Å². The van der Waals surface area contributed by atoms with Crippen LogP contribution in [0.3, 0.4) is 0 Å². The molecular weight excluding hydrogens is 302 g/mol. The number of carbonyl (C=O) groups is 1. The summed E-state index contributed by atoms with van der Waals surface area (Å²) in [6, 6.07) is 8.01. The highest BCUT2D eigenvalue weighted by molar-refractivity contribution is 5.76. The van der Waals surface area contributed by atoms with Gasteiger partial charge in [0.25, 0.3) is 0 Å². The zero-order valence-corrected chi connectivity index (χ0v) is 15.6. The molecule has 2 rings (SSSR count). The highest BCUT2D eigenvalue weighted by Gasteiger charge is 2.46. The van der Waals surface area contributed by atoms with Gasteiger partial charge in [-0.25, -0.2) is 4.79 Å². The van der Waals surface area contributed by atoms with Crippen LogP contribution in [0.4, 0.5) is 4.79 Å². The molecule has 0 unspecified atom stereocenters. The van der Waals surface area contributed by atoms with Crippen LogP contribution in [-0.2, 0) is 6.42 Å². The van der Waals surface area contributed by atoms with E-state index in [4.69, 9.17) is 10.5 Å². The Morgan fingerprint density at radius 1 is 1.25 bits per heavy atom. The van der Waals surface area contributed by atoms with Gasteiger partial charge in [0.1, 0.15) is 5.75 Å². The highest BCUT2D eigenvalue weighted by atomic mass is 16.5. The molecule has 0 aliphatic carbocycles. The van der Waals surface area contributed by atoms with Crippen molar-refractivity contribution in [2.45, 2.75) is 64.1 Å². The Kier molecular flexibility index (Phi) is 5.43. The van der Waals surface area contributed by atoms with E-state index in [1.807, 2.05) is 29.2 Å². The third kappa shape index (κ3) is 4.01. The topological polar surface area (TPSA) is 67.6 Å². The van der Waals surface area contributed by atoms with Gasteiger partial charge in [0.15, 0.2) is 0 Å². The number of urea groups is 1. The Hall–Kier alpha value is -1.75. The Morgan fingerprint density at radius 3 is 2.42 bits per heavy atom. The average Bonchev–Trinajstić information content (AvgIpc) is 2.44. The lowest BCUT2D eigenvalue weighted by Crippen LogP contribution is -2.67. The van der Waals surface area contributed by atoms with Crippen molar-refractivity contribution in [2.24, 2.45) is 5.73 Å². The molecule has 1 heterocycles. The SMILES string of the molecule is COc1ccccc1CCNC(=O)N1C(C)(C)CC(N)CC1(C)C. The van der Waals surface area contributed by atoms with Gasteiger partial charge in [0.2, 0.25) is 0 Å². The number of rotatable bonds is 4. The van der Waals surface area contributed by atoms with Crippen molar-refractivity contribution in [2.75, 3.05) is 13.7 Å². The Morgan fingerprint density at radius 2 is 1.83 bits per heavy atom. The summed E-state index contributed by atoms with van der Waals surface area (Å²) in [5.74, 6) is 0.858. The molecule has 0 atom stereocenters. The molecular formula is C19H31N3O2. The molecule has 24 heavy (non-hydrogen) atoms. The third-order valence-electron chi connectivity index (χ3n) is 4.80. The smallest absolute Gasteiger partial charge is 0.318 e. The molecule has 1 saturated heterocycles. The van der Waals surface area contributed by atoms with E-state index in [1.165, 1.54) is 0 Å². The van der Waals surface area contributed by atoms with Crippen molar-refractivity contribution in [3.8, 4) is 5.75 Å². The number of hydrogen-bond donors (Lipinski definition) is 2. The molecule has 0 saturated carbocycles. The standard InChI is InChI=1S/C19H31N3O2/c1-18(2)12-15(20)13-19(3,4)22(18)17(23)21-11-10-14-8-6-7-9-16(14)24-5/h6-9,15H,10-13,20H2,1-5H3,(H,21,23). The summed E-state index contributed by atoms with van der Waals surface area (Å²) in [6.45, 7) is 8.94. The van der Waals surface area contributed by atoms with E-state index in [0.717, 1.165) is 30.6 Å². The molecule has 5 nitrogen and oxygen atoms in total. The van der Waals surface area contributed by atoms with Crippen LogP contribution in [0.25, 0.3) is 0 Å². The summed E-state index contributed by atoms with van der Waals surface area (Å²) in [7, 11) is 1.67. The quantitative estimate of drug-likeness (QED) is 0.890. The highest BCUT2D eigenvalue weighted by Crippen LogP contribution is 2.37. The minimum absolute atomic E-state index is 0.0215. The van der Waals surface area contributed by atoms with Crippen LogP contribution < -0.4 is 15.8 Å². The number of piperidine rings is 1. The maximum atomic E-state index is 12.8. The minimum Gasteiger partial charge on any atom is -0.496 e. The van der Waals surface area contributed by atoms with E-state index < -0.39 is 0 Å². The summed E-state index contributed by atoms with van der Waals surface area (Å²) in [5.41, 5.74) is 6.77. The van der Waals surface area contributed by atoms with Crippen LogP contribution in [0, 0.1) is 0 Å². The molecule has 2 amide bonds. The fourth-order valence-corrected chi connectivity index (χ4v) is 4.20. The molecule has 1 aliphatic heterocycles. The fourth-order valence-electron chi connectivity index (χ4n) is 4.20. The van der Waals surface area contributed by atoms with E-state index in [9.17, 15) is 4.79 Å². The number of amides is 2. The van der Waals surface area contributed by atoms with Gasteiger partial charge in [-0.1, -0.05) is 18.2 Å². The van der Waals surface area contributed by atoms with Gasteiger partial charge >= 0.3 is 6.03 Å². The maximum Gasteiger partial charge on any atom is 0.318 e. The lowest BCUT2D eigenvalue weighted by Gasteiger charge is -2.54. The van der Waals surface area contributed by atoms with Crippen molar-refractivity contribution < 1.29 is 9.53 Å². The normalized spacial score (nSPS) is 19.8. The lowest BCUT2D eigenvalue weighted by atomic mass is 9.77. The second kappa shape index (κ2) is 7.01. The van der Waals surface area contributed by atoms with Gasteiger partial charge in [0, 0.05) is 23.7 Å². The van der Waals surface area contributed by atoms with Crippen molar-refractivity contribution in [3.63, 3.8) is 0 Å². The molecule has 134 valence electrons. The minimum atomic E-state index is -0.254. The van der Waals surface area contributed by atoms with Gasteiger partial charge in [-0.05, 0) is 58.6 Å². The average molecular weight is 333 g/mol. The molecule has 1 fully saturated rings. The number of nitrogens with two attached hydrogens (primary N) is 1. The Bertz CT molecular complexity index is 566. The first-order chi connectivity index (χ1) is 11.2. The van der Waals surface area contributed by atoms with Gasteiger partial charge in [-0.2, -0.15) is 0 Å². The summed E-state index contributed by atoms with van der Waals surface area (Å²) in [6.07, 6.45) is 2.37. The van der Waals surface area contributed by atoms with Crippen molar-refractivity contribution in [1.82, 2.24) is 10.2 Å². The van der Waals surface area contributed by atoms with Gasteiger partial charge in [-0.15, -0.1) is 0 Å². The van der Waals surface area contributed by atoms with Crippen molar-refractivity contribution >= 4 is 6.03 Å². The molecule has 1 aromatic carbocycles. The third-order valence-corrected chi connectivity index (χ3v) is 4.80. The molecule has 0 bridgehead atoms. The van der Waals surface area contributed by atoms with Gasteiger partial charge in [-0.3, -0.25) is 0 Å². The number of para-hydroxylation sites is 1. The van der Waals surface area contributed by atoms with Crippen LogP contribution in [0.5, 0.6) is 5.75 Å². The molecule has 5 heteroatoms.